The zero-order valence-corrected chi connectivity index (χ0v) is 12.0. The van der Waals surface area contributed by atoms with Crippen molar-refractivity contribution in [2.75, 3.05) is 32.9 Å². The second kappa shape index (κ2) is 5.58. The quantitative estimate of drug-likeness (QED) is 0.809. The third-order valence-electron chi connectivity index (χ3n) is 3.19. The van der Waals surface area contributed by atoms with Gasteiger partial charge in [-0.3, -0.25) is 4.68 Å². The van der Waals surface area contributed by atoms with E-state index in [1.54, 1.807) is 13.8 Å². The third kappa shape index (κ3) is 2.66. The molecule has 1 aromatic rings. The monoisotopic (exact) mass is 289 g/mol. The summed E-state index contributed by atoms with van der Waals surface area (Å²) >= 11 is 0. The molecule has 2 heterocycles. The van der Waals surface area contributed by atoms with Gasteiger partial charge < -0.3 is 9.84 Å². The SMILES string of the molecule is Cc1nn(CCO)c(C)c1S(=O)(=O)N1CCOCC1. The van der Waals surface area contributed by atoms with Gasteiger partial charge in [-0.1, -0.05) is 0 Å². The molecule has 8 heteroatoms. The molecule has 0 amide bonds. The van der Waals surface area contributed by atoms with E-state index in [4.69, 9.17) is 9.84 Å². The second-order valence-electron chi connectivity index (χ2n) is 4.46. The zero-order valence-electron chi connectivity index (χ0n) is 11.2. The summed E-state index contributed by atoms with van der Waals surface area (Å²) in [6.45, 7) is 5.19. The second-order valence-corrected chi connectivity index (χ2v) is 6.34. The fraction of sp³-hybridized carbons (Fsp3) is 0.727. The van der Waals surface area contributed by atoms with E-state index in [9.17, 15) is 8.42 Å². The topological polar surface area (TPSA) is 84.7 Å². The molecule has 1 aromatic heterocycles. The molecule has 0 aliphatic carbocycles. The molecule has 0 atom stereocenters. The Labute approximate surface area is 112 Å². The van der Waals surface area contributed by atoms with E-state index in [1.165, 1.54) is 8.99 Å². The number of hydrogen-bond acceptors (Lipinski definition) is 5. The first-order valence-corrected chi connectivity index (χ1v) is 7.65. The summed E-state index contributed by atoms with van der Waals surface area (Å²) in [5.74, 6) is 0. The molecule has 19 heavy (non-hydrogen) atoms. The number of sulfonamides is 1. The van der Waals surface area contributed by atoms with Crippen molar-refractivity contribution in [2.45, 2.75) is 25.3 Å². The van der Waals surface area contributed by atoms with Crippen LogP contribution < -0.4 is 0 Å². The molecule has 0 spiro atoms. The Balaban J connectivity index is 2.39. The summed E-state index contributed by atoms with van der Waals surface area (Å²) in [4.78, 5) is 0.253. The molecule has 0 unspecified atom stereocenters. The van der Waals surface area contributed by atoms with E-state index < -0.39 is 10.0 Å². The fourth-order valence-corrected chi connectivity index (χ4v) is 4.06. The third-order valence-corrected chi connectivity index (χ3v) is 5.35. The molecule has 1 saturated heterocycles. The molecule has 7 nitrogen and oxygen atoms in total. The first-order valence-electron chi connectivity index (χ1n) is 6.21. The lowest BCUT2D eigenvalue weighted by Crippen LogP contribution is -2.41. The highest BCUT2D eigenvalue weighted by molar-refractivity contribution is 7.89. The highest BCUT2D eigenvalue weighted by atomic mass is 32.2. The summed E-state index contributed by atoms with van der Waals surface area (Å²) in [5, 5.41) is 13.1. The van der Waals surface area contributed by atoms with Gasteiger partial charge in [0.05, 0.1) is 37.8 Å². The van der Waals surface area contributed by atoms with Gasteiger partial charge in [-0.15, -0.1) is 0 Å². The summed E-state index contributed by atoms with van der Waals surface area (Å²) in [6.07, 6.45) is 0. The van der Waals surface area contributed by atoms with Crippen molar-refractivity contribution >= 4 is 10.0 Å². The van der Waals surface area contributed by atoms with Crippen molar-refractivity contribution in [1.82, 2.24) is 14.1 Å². The van der Waals surface area contributed by atoms with E-state index in [-0.39, 0.29) is 11.5 Å². The Hall–Kier alpha value is -0.960. The van der Waals surface area contributed by atoms with Crippen molar-refractivity contribution in [3.05, 3.63) is 11.4 Å². The largest absolute Gasteiger partial charge is 0.394 e. The maximum atomic E-state index is 12.6. The predicted octanol–water partition coefficient (Wildman–Crippen LogP) is -0.487. The molecule has 2 rings (SSSR count). The van der Waals surface area contributed by atoms with Gasteiger partial charge in [-0.05, 0) is 13.8 Å². The average Bonchev–Trinajstić information content (AvgIpc) is 2.66. The highest BCUT2D eigenvalue weighted by Crippen LogP contribution is 2.24. The van der Waals surface area contributed by atoms with Crippen molar-refractivity contribution in [3.63, 3.8) is 0 Å². The molecule has 0 radical (unpaired) electrons. The standard InChI is InChI=1S/C11H19N3O4S/c1-9-11(10(2)14(12-9)3-6-15)19(16,17)13-4-7-18-8-5-13/h15H,3-8H2,1-2H3. The zero-order chi connectivity index (χ0) is 14.0. The number of rotatable bonds is 4. The molecule has 0 saturated carbocycles. The lowest BCUT2D eigenvalue weighted by molar-refractivity contribution is 0.0730. The van der Waals surface area contributed by atoms with Crippen LogP contribution in [0.25, 0.3) is 0 Å². The van der Waals surface area contributed by atoms with Gasteiger partial charge in [-0.2, -0.15) is 9.40 Å². The van der Waals surface area contributed by atoms with Gasteiger partial charge in [0.1, 0.15) is 4.90 Å². The van der Waals surface area contributed by atoms with Crippen LogP contribution >= 0.6 is 0 Å². The Morgan fingerprint density at radius 2 is 1.95 bits per heavy atom. The predicted molar refractivity (Wildman–Crippen MR) is 68.4 cm³/mol. The molecule has 0 aromatic carbocycles. The Bertz CT molecular complexity index is 547. The molecule has 1 aliphatic rings. The summed E-state index contributed by atoms with van der Waals surface area (Å²) in [6, 6.07) is 0. The molecule has 1 fully saturated rings. The normalized spacial score (nSPS) is 17.8. The van der Waals surface area contributed by atoms with Crippen LogP contribution in [0.1, 0.15) is 11.4 Å². The van der Waals surface area contributed by atoms with E-state index >= 15 is 0 Å². The number of hydrogen-bond donors (Lipinski definition) is 1. The van der Waals surface area contributed by atoms with Crippen molar-refractivity contribution in [3.8, 4) is 0 Å². The van der Waals surface area contributed by atoms with Crippen LogP contribution in [-0.4, -0.2) is 60.5 Å². The van der Waals surface area contributed by atoms with E-state index in [0.717, 1.165) is 0 Å². The van der Waals surface area contributed by atoms with E-state index in [0.29, 0.717) is 44.2 Å². The van der Waals surface area contributed by atoms with Crippen LogP contribution in [-0.2, 0) is 21.3 Å². The molecule has 0 bridgehead atoms. The Morgan fingerprint density at radius 1 is 1.32 bits per heavy atom. The summed E-state index contributed by atoms with van der Waals surface area (Å²) in [5.41, 5.74) is 1.04. The van der Waals surface area contributed by atoms with Crippen LogP contribution in [0.2, 0.25) is 0 Å². The highest BCUT2D eigenvalue weighted by Gasteiger charge is 2.31. The Kier molecular flexibility index (Phi) is 4.24. The number of aromatic nitrogens is 2. The first-order chi connectivity index (χ1) is 8.98. The van der Waals surface area contributed by atoms with Crippen LogP contribution in [0.15, 0.2) is 4.90 Å². The molecular formula is C11H19N3O4S. The van der Waals surface area contributed by atoms with Gasteiger partial charge in [0.2, 0.25) is 10.0 Å². The average molecular weight is 289 g/mol. The molecule has 1 N–H and O–H groups in total. The fourth-order valence-electron chi connectivity index (χ4n) is 2.28. The number of nitrogens with zero attached hydrogens (tertiary/aromatic N) is 3. The minimum Gasteiger partial charge on any atom is -0.394 e. The lowest BCUT2D eigenvalue weighted by Gasteiger charge is -2.26. The summed E-state index contributed by atoms with van der Waals surface area (Å²) in [7, 11) is -3.53. The van der Waals surface area contributed by atoms with E-state index in [1.807, 2.05) is 0 Å². The minimum absolute atomic E-state index is 0.0704. The van der Waals surface area contributed by atoms with Crippen LogP contribution in [0.4, 0.5) is 0 Å². The number of morpholine rings is 1. The number of aliphatic hydroxyl groups is 1. The Morgan fingerprint density at radius 3 is 2.53 bits per heavy atom. The van der Waals surface area contributed by atoms with Gasteiger partial charge in [0.15, 0.2) is 0 Å². The van der Waals surface area contributed by atoms with Gasteiger partial charge in [0.25, 0.3) is 0 Å². The number of aryl methyl sites for hydroxylation is 1. The van der Waals surface area contributed by atoms with Gasteiger partial charge >= 0.3 is 0 Å². The first kappa shape index (κ1) is 14.4. The lowest BCUT2D eigenvalue weighted by atomic mass is 10.4. The van der Waals surface area contributed by atoms with Gasteiger partial charge in [0, 0.05) is 13.1 Å². The van der Waals surface area contributed by atoms with E-state index in [2.05, 4.69) is 5.10 Å². The maximum absolute atomic E-state index is 12.6. The molecule has 108 valence electrons. The number of ether oxygens (including phenoxy) is 1. The van der Waals surface area contributed by atoms with Crippen LogP contribution in [0.3, 0.4) is 0 Å². The van der Waals surface area contributed by atoms with Gasteiger partial charge in [-0.25, -0.2) is 8.42 Å². The molecular weight excluding hydrogens is 270 g/mol. The summed E-state index contributed by atoms with van der Waals surface area (Å²) < 4.78 is 33.3. The van der Waals surface area contributed by atoms with Crippen LogP contribution in [0.5, 0.6) is 0 Å². The number of aliphatic hydroxyl groups excluding tert-OH is 1. The maximum Gasteiger partial charge on any atom is 0.246 e. The smallest absolute Gasteiger partial charge is 0.246 e. The van der Waals surface area contributed by atoms with Crippen molar-refractivity contribution < 1.29 is 18.3 Å². The van der Waals surface area contributed by atoms with Crippen molar-refractivity contribution in [2.24, 2.45) is 0 Å². The molecule has 1 aliphatic heterocycles. The van der Waals surface area contributed by atoms with Crippen LogP contribution in [0, 0.1) is 13.8 Å². The van der Waals surface area contributed by atoms with Crippen molar-refractivity contribution in [1.29, 1.82) is 0 Å². The minimum atomic E-state index is -3.53.